The molecule has 3 rings (SSSR count). The maximum Gasteiger partial charge on any atom is 0.309 e. The summed E-state index contributed by atoms with van der Waals surface area (Å²) in [6.45, 7) is 3.12. The average molecular weight is 415 g/mol. The van der Waals surface area contributed by atoms with Crippen molar-refractivity contribution in [2.45, 2.75) is 12.6 Å². The molecule has 7 nitrogen and oxygen atoms in total. The second-order valence-electron chi connectivity index (χ2n) is 6.96. The molecule has 0 spiro atoms. The van der Waals surface area contributed by atoms with Crippen LogP contribution in [0.2, 0.25) is 0 Å². The monoisotopic (exact) mass is 415 g/mol. The summed E-state index contributed by atoms with van der Waals surface area (Å²) in [5.74, 6) is -1.06. The van der Waals surface area contributed by atoms with E-state index in [1.807, 2.05) is 24.3 Å². The van der Waals surface area contributed by atoms with Crippen molar-refractivity contribution in [2.75, 3.05) is 40.0 Å². The van der Waals surface area contributed by atoms with Gasteiger partial charge in [-0.1, -0.05) is 24.3 Å². The Morgan fingerprint density at radius 1 is 1.10 bits per heavy atom. The molecule has 1 fully saturated rings. The number of carbonyl (C=O) groups excluding carboxylic acids is 2. The van der Waals surface area contributed by atoms with Crippen molar-refractivity contribution < 1.29 is 23.5 Å². The third-order valence-electron chi connectivity index (χ3n) is 4.99. The van der Waals surface area contributed by atoms with Gasteiger partial charge in [0.1, 0.15) is 11.6 Å². The molecule has 1 heterocycles. The van der Waals surface area contributed by atoms with Gasteiger partial charge in [0.15, 0.2) is 0 Å². The van der Waals surface area contributed by atoms with Gasteiger partial charge in [0.05, 0.1) is 26.4 Å². The minimum absolute atomic E-state index is 0.113. The van der Waals surface area contributed by atoms with Crippen LogP contribution in [-0.2, 0) is 20.9 Å². The lowest BCUT2D eigenvalue weighted by atomic mass is 10.0. The predicted molar refractivity (Wildman–Crippen MR) is 109 cm³/mol. The lowest BCUT2D eigenvalue weighted by Gasteiger charge is -2.35. The Morgan fingerprint density at radius 3 is 2.50 bits per heavy atom. The maximum absolute atomic E-state index is 13.0. The quantitative estimate of drug-likeness (QED) is 0.672. The molecule has 1 aliphatic rings. The van der Waals surface area contributed by atoms with Crippen molar-refractivity contribution in [1.82, 2.24) is 15.5 Å². The van der Waals surface area contributed by atoms with Crippen LogP contribution in [0.25, 0.3) is 0 Å². The summed E-state index contributed by atoms with van der Waals surface area (Å²) in [5, 5.41) is 5.28. The lowest BCUT2D eigenvalue weighted by Crippen LogP contribution is -2.46. The second-order valence-corrected chi connectivity index (χ2v) is 6.96. The highest BCUT2D eigenvalue weighted by atomic mass is 19.1. The van der Waals surface area contributed by atoms with Crippen LogP contribution >= 0.6 is 0 Å². The minimum atomic E-state index is -0.731. The number of morpholine rings is 1. The van der Waals surface area contributed by atoms with E-state index in [2.05, 4.69) is 15.5 Å². The Kier molecular flexibility index (Phi) is 7.75. The van der Waals surface area contributed by atoms with E-state index < -0.39 is 11.8 Å². The first-order chi connectivity index (χ1) is 14.6. The molecule has 2 aromatic carbocycles. The van der Waals surface area contributed by atoms with Crippen molar-refractivity contribution in [3.05, 3.63) is 65.5 Å². The standard InChI is InChI=1S/C22H26FN3O4/c1-29-19-4-2-3-17(13-19)20(26-9-11-30-12-10-26)15-25-22(28)21(27)24-14-16-5-7-18(23)8-6-16/h2-8,13,20H,9-12,14-15H2,1H3,(H,24,27)(H,25,28)/t20-/m0/s1. The summed E-state index contributed by atoms with van der Waals surface area (Å²) in [5.41, 5.74) is 1.70. The Hall–Kier alpha value is -2.97. The third-order valence-corrected chi connectivity index (χ3v) is 4.99. The Morgan fingerprint density at radius 2 is 1.80 bits per heavy atom. The first-order valence-corrected chi connectivity index (χ1v) is 9.83. The lowest BCUT2D eigenvalue weighted by molar-refractivity contribution is -0.139. The molecule has 0 bridgehead atoms. The Labute approximate surface area is 175 Å². The number of rotatable bonds is 7. The largest absolute Gasteiger partial charge is 0.497 e. The molecule has 0 saturated carbocycles. The van der Waals surface area contributed by atoms with Gasteiger partial charge in [0.2, 0.25) is 0 Å². The van der Waals surface area contributed by atoms with Gasteiger partial charge in [0.25, 0.3) is 0 Å². The highest BCUT2D eigenvalue weighted by Gasteiger charge is 2.24. The molecular formula is C22H26FN3O4. The van der Waals surface area contributed by atoms with Gasteiger partial charge in [-0.3, -0.25) is 14.5 Å². The number of methoxy groups -OCH3 is 1. The van der Waals surface area contributed by atoms with Crippen LogP contribution in [0.1, 0.15) is 17.2 Å². The highest BCUT2D eigenvalue weighted by molar-refractivity contribution is 6.35. The second kappa shape index (κ2) is 10.7. The number of nitrogens with zero attached hydrogens (tertiary/aromatic N) is 1. The molecule has 2 aromatic rings. The van der Waals surface area contributed by atoms with Crippen LogP contribution in [0.3, 0.4) is 0 Å². The van der Waals surface area contributed by atoms with Crippen LogP contribution in [0, 0.1) is 5.82 Å². The fraction of sp³-hybridized carbons (Fsp3) is 0.364. The van der Waals surface area contributed by atoms with Gasteiger partial charge < -0.3 is 20.1 Å². The first kappa shape index (κ1) is 21.7. The zero-order valence-electron chi connectivity index (χ0n) is 16.9. The molecule has 0 aromatic heterocycles. The number of carbonyl (C=O) groups is 2. The van der Waals surface area contributed by atoms with Crippen molar-refractivity contribution in [1.29, 1.82) is 0 Å². The van der Waals surface area contributed by atoms with E-state index in [1.54, 1.807) is 19.2 Å². The van der Waals surface area contributed by atoms with Gasteiger partial charge in [-0.25, -0.2) is 4.39 Å². The summed E-state index contributed by atoms with van der Waals surface area (Å²) < 4.78 is 23.7. The van der Waals surface area contributed by atoms with Crippen molar-refractivity contribution in [3.63, 3.8) is 0 Å². The summed E-state index contributed by atoms with van der Waals surface area (Å²) in [6, 6.07) is 13.3. The normalized spacial score (nSPS) is 15.3. The number of hydrogen-bond donors (Lipinski definition) is 2. The fourth-order valence-electron chi connectivity index (χ4n) is 3.33. The molecule has 1 saturated heterocycles. The zero-order valence-corrected chi connectivity index (χ0v) is 16.9. The molecule has 1 aliphatic heterocycles. The van der Waals surface area contributed by atoms with E-state index in [1.165, 1.54) is 12.1 Å². The molecule has 0 radical (unpaired) electrons. The van der Waals surface area contributed by atoms with Gasteiger partial charge in [-0.15, -0.1) is 0 Å². The summed E-state index contributed by atoms with van der Waals surface area (Å²) >= 11 is 0. The summed E-state index contributed by atoms with van der Waals surface area (Å²) in [4.78, 5) is 26.7. The van der Waals surface area contributed by atoms with E-state index >= 15 is 0 Å². The molecule has 8 heteroatoms. The summed E-state index contributed by atoms with van der Waals surface area (Å²) in [6.07, 6.45) is 0. The Bertz CT molecular complexity index is 854. The van der Waals surface area contributed by atoms with Crippen LogP contribution < -0.4 is 15.4 Å². The maximum atomic E-state index is 13.0. The molecular weight excluding hydrogens is 389 g/mol. The number of nitrogens with one attached hydrogen (secondary N) is 2. The predicted octanol–water partition coefficient (Wildman–Crippen LogP) is 1.64. The Balaban J connectivity index is 1.60. The third kappa shape index (κ3) is 6.01. The van der Waals surface area contributed by atoms with Crippen molar-refractivity contribution >= 4 is 11.8 Å². The van der Waals surface area contributed by atoms with Gasteiger partial charge >= 0.3 is 11.8 Å². The molecule has 30 heavy (non-hydrogen) atoms. The first-order valence-electron chi connectivity index (χ1n) is 9.83. The number of benzene rings is 2. The van der Waals surface area contributed by atoms with Crippen LogP contribution in [-0.4, -0.2) is 56.7 Å². The topological polar surface area (TPSA) is 79.9 Å². The van der Waals surface area contributed by atoms with Crippen LogP contribution in [0.4, 0.5) is 4.39 Å². The van der Waals surface area contributed by atoms with E-state index in [-0.39, 0.29) is 24.9 Å². The number of hydrogen-bond acceptors (Lipinski definition) is 5. The number of halogens is 1. The molecule has 0 unspecified atom stereocenters. The zero-order chi connectivity index (χ0) is 21.3. The number of ether oxygens (including phenoxy) is 2. The molecule has 0 aliphatic carbocycles. The highest BCUT2D eigenvalue weighted by Crippen LogP contribution is 2.24. The minimum Gasteiger partial charge on any atom is -0.497 e. The van der Waals surface area contributed by atoms with Gasteiger partial charge in [-0.2, -0.15) is 0 Å². The summed E-state index contributed by atoms with van der Waals surface area (Å²) in [7, 11) is 1.61. The molecule has 2 N–H and O–H groups in total. The van der Waals surface area contributed by atoms with Crippen LogP contribution in [0.15, 0.2) is 48.5 Å². The van der Waals surface area contributed by atoms with Gasteiger partial charge in [-0.05, 0) is 35.4 Å². The average Bonchev–Trinajstić information content (AvgIpc) is 2.79. The molecule has 1 atom stereocenters. The van der Waals surface area contributed by atoms with Crippen LogP contribution in [0.5, 0.6) is 5.75 Å². The van der Waals surface area contributed by atoms with Gasteiger partial charge in [0, 0.05) is 26.2 Å². The number of amides is 2. The van der Waals surface area contributed by atoms with E-state index in [4.69, 9.17) is 9.47 Å². The van der Waals surface area contributed by atoms with E-state index in [0.717, 1.165) is 24.4 Å². The van der Waals surface area contributed by atoms with E-state index in [9.17, 15) is 14.0 Å². The smallest absolute Gasteiger partial charge is 0.309 e. The van der Waals surface area contributed by atoms with Crippen molar-refractivity contribution in [2.24, 2.45) is 0 Å². The molecule has 2 amide bonds. The fourth-order valence-corrected chi connectivity index (χ4v) is 3.33. The van der Waals surface area contributed by atoms with Crippen molar-refractivity contribution in [3.8, 4) is 5.75 Å². The molecule has 160 valence electrons. The van der Waals surface area contributed by atoms with E-state index in [0.29, 0.717) is 18.8 Å². The SMILES string of the molecule is COc1cccc([C@H](CNC(=O)C(=O)NCc2ccc(F)cc2)N2CCOCC2)c1.